The van der Waals surface area contributed by atoms with Gasteiger partial charge < -0.3 is 15.8 Å². The summed E-state index contributed by atoms with van der Waals surface area (Å²) in [6.07, 6.45) is 3.31. The van der Waals surface area contributed by atoms with Gasteiger partial charge >= 0.3 is 0 Å². The molecule has 2 aromatic carbocycles. The van der Waals surface area contributed by atoms with Gasteiger partial charge in [0.15, 0.2) is 5.96 Å². The topological polar surface area (TPSA) is 62.9 Å². The first-order valence-electron chi connectivity index (χ1n) is 10.2. The van der Waals surface area contributed by atoms with Crippen LogP contribution in [-0.2, 0) is 13.0 Å². The Morgan fingerprint density at radius 2 is 1.79 bits per heavy atom. The first-order chi connectivity index (χ1) is 13.7. The second-order valence-electron chi connectivity index (χ2n) is 7.46. The molecule has 1 heterocycles. The highest BCUT2D eigenvalue weighted by molar-refractivity contribution is 5.77. The number of likely N-dealkylation sites (tertiary alicyclic amines) is 1. The van der Waals surface area contributed by atoms with Crippen LogP contribution in [0.25, 0.3) is 0 Å². The van der Waals surface area contributed by atoms with E-state index >= 15 is 0 Å². The van der Waals surface area contributed by atoms with E-state index in [1.54, 1.807) is 7.11 Å². The lowest BCUT2D eigenvalue weighted by atomic mass is 9.96. The summed E-state index contributed by atoms with van der Waals surface area (Å²) >= 11 is 0. The molecule has 28 heavy (non-hydrogen) atoms. The molecule has 0 unspecified atom stereocenters. The largest absolute Gasteiger partial charge is 0.497 e. The molecule has 0 aromatic heterocycles. The number of benzene rings is 2. The number of nitrogens with zero attached hydrogens (tertiary/aromatic N) is 2. The van der Waals surface area contributed by atoms with E-state index in [0.717, 1.165) is 44.9 Å². The second kappa shape index (κ2) is 10.7. The van der Waals surface area contributed by atoms with Crippen LogP contribution in [0.4, 0.5) is 0 Å². The Labute approximate surface area is 168 Å². The van der Waals surface area contributed by atoms with E-state index in [9.17, 15) is 0 Å². The molecule has 0 aliphatic carbocycles. The summed E-state index contributed by atoms with van der Waals surface area (Å²) in [7, 11) is 1.70. The number of hydrogen-bond acceptors (Lipinski definition) is 3. The molecule has 0 amide bonds. The molecule has 5 nitrogen and oxygen atoms in total. The van der Waals surface area contributed by atoms with E-state index in [0.29, 0.717) is 11.9 Å². The van der Waals surface area contributed by atoms with Crippen LogP contribution in [0.2, 0.25) is 0 Å². The van der Waals surface area contributed by atoms with Gasteiger partial charge in [-0.05, 0) is 61.5 Å². The molecular formula is C23H32N4O. The first-order valence-corrected chi connectivity index (χ1v) is 10.2. The van der Waals surface area contributed by atoms with Crippen LogP contribution in [0.1, 0.15) is 24.0 Å². The summed E-state index contributed by atoms with van der Waals surface area (Å²) in [6.45, 7) is 4.88. The summed E-state index contributed by atoms with van der Waals surface area (Å²) < 4.78 is 5.22. The third-order valence-corrected chi connectivity index (χ3v) is 5.35. The molecule has 5 heteroatoms. The smallest absolute Gasteiger partial charge is 0.188 e. The van der Waals surface area contributed by atoms with Gasteiger partial charge in [0.1, 0.15) is 5.75 Å². The zero-order valence-electron chi connectivity index (χ0n) is 16.8. The number of ether oxygens (including phenoxy) is 1. The Bertz CT molecular complexity index is 722. The van der Waals surface area contributed by atoms with Gasteiger partial charge in [0.2, 0.25) is 0 Å². The summed E-state index contributed by atoms with van der Waals surface area (Å²) in [6, 6.07) is 18.8. The van der Waals surface area contributed by atoms with Gasteiger partial charge in [0.05, 0.1) is 7.11 Å². The normalized spacial score (nSPS) is 16.1. The van der Waals surface area contributed by atoms with E-state index < -0.39 is 0 Å². The fourth-order valence-electron chi connectivity index (χ4n) is 3.58. The van der Waals surface area contributed by atoms with Crippen molar-refractivity contribution in [3.63, 3.8) is 0 Å². The van der Waals surface area contributed by atoms with Crippen LogP contribution in [0.15, 0.2) is 59.6 Å². The van der Waals surface area contributed by atoms with Crippen molar-refractivity contribution in [1.82, 2.24) is 10.2 Å². The molecule has 3 rings (SSSR count). The van der Waals surface area contributed by atoms with Crippen molar-refractivity contribution in [2.75, 3.05) is 33.3 Å². The Balaban J connectivity index is 1.33. The molecule has 0 saturated carbocycles. The predicted molar refractivity (Wildman–Crippen MR) is 116 cm³/mol. The third kappa shape index (κ3) is 6.57. The highest BCUT2D eigenvalue weighted by Crippen LogP contribution is 2.20. The van der Waals surface area contributed by atoms with E-state index in [-0.39, 0.29) is 0 Å². The summed E-state index contributed by atoms with van der Waals surface area (Å²) in [4.78, 5) is 7.08. The Kier molecular flexibility index (Phi) is 7.73. The first kappa shape index (κ1) is 20.2. The second-order valence-corrected chi connectivity index (χ2v) is 7.46. The Hall–Kier alpha value is -2.53. The molecule has 150 valence electrons. The molecule has 3 N–H and O–H groups in total. The van der Waals surface area contributed by atoms with E-state index in [1.807, 2.05) is 18.2 Å². The molecule has 1 aliphatic heterocycles. The molecule has 2 aromatic rings. The summed E-state index contributed by atoms with van der Waals surface area (Å²) in [5.41, 5.74) is 8.68. The minimum atomic E-state index is 0.566. The van der Waals surface area contributed by atoms with Crippen LogP contribution in [0, 0.1) is 5.92 Å². The minimum absolute atomic E-state index is 0.566. The van der Waals surface area contributed by atoms with E-state index in [1.165, 1.54) is 24.0 Å². The average Bonchev–Trinajstić information content (AvgIpc) is 2.74. The number of nitrogens with one attached hydrogen (secondary N) is 1. The van der Waals surface area contributed by atoms with Gasteiger partial charge in [-0.3, -0.25) is 9.89 Å². The number of guanidine groups is 1. The number of aliphatic imine (C=N–C) groups is 1. The Morgan fingerprint density at radius 1 is 1.07 bits per heavy atom. The zero-order valence-corrected chi connectivity index (χ0v) is 16.8. The standard InChI is InChI=1S/C23H32N4O/c1-28-22-9-7-21(8-10-22)18-27-15-12-20(13-16-27)17-26-23(24)25-14-11-19-5-3-2-4-6-19/h2-10,20H,11-18H2,1H3,(H3,24,25,26). The average molecular weight is 381 g/mol. The molecule has 0 atom stereocenters. The van der Waals surface area contributed by atoms with Gasteiger partial charge in [0, 0.05) is 19.6 Å². The molecule has 0 radical (unpaired) electrons. The maximum Gasteiger partial charge on any atom is 0.188 e. The zero-order chi connectivity index (χ0) is 19.6. The SMILES string of the molecule is COc1ccc(CN2CCC(CN=C(N)NCCc3ccccc3)CC2)cc1. The number of hydrogen-bond donors (Lipinski definition) is 2. The molecule has 1 aliphatic rings. The van der Waals surface area contributed by atoms with Crippen LogP contribution in [0.3, 0.4) is 0 Å². The summed E-state index contributed by atoms with van der Waals surface area (Å²) in [5, 5.41) is 3.23. The molecule has 0 bridgehead atoms. The van der Waals surface area contributed by atoms with Gasteiger partial charge in [-0.2, -0.15) is 0 Å². The van der Waals surface area contributed by atoms with Gasteiger partial charge in [0.25, 0.3) is 0 Å². The van der Waals surface area contributed by atoms with Crippen molar-refractivity contribution in [2.24, 2.45) is 16.6 Å². The molecular weight excluding hydrogens is 348 g/mol. The lowest BCUT2D eigenvalue weighted by Gasteiger charge is -2.31. The van der Waals surface area contributed by atoms with Crippen molar-refractivity contribution in [1.29, 1.82) is 0 Å². The maximum absolute atomic E-state index is 6.03. The van der Waals surface area contributed by atoms with Crippen molar-refractivity contribution >= 4 is 5.96 Å². The van der Waals surface area contributed by atoms with E-state index in [4.69, 9.17) is 10.5 Å². The third-order valence-electron chi connectivity index (χ3n) is 5.35. The van der Waals surface area contributed by atoms with Gasteiger partial charge in [-0.1, -0.05) is 42.5 Å². The predicted octanol–water partition coefficient (Wildman–Crippen LogP) is 3.05. The van der Waals surface area contributed by atoms with Crippen molar-refractivity contribution in [3.05, 3.63) is 65.7 Å². The lowest BCUT2D eigenvalue weighted by Crippen LogP contribution is -2.36. The Morgan fingerprint density at radius 3 is 2.46 bits per heavy atom. The van der Waals surface area contributed by atoms with Crippen LogP contribution >= 0.6 is 0 Å². The number of piperidine rings is 1. The van der Waals surface area contributed by atoms with Gasteiger partial charge in [-0.15, -0.1) is 0 Å². The van der Waals surface area contributed by atoms with Crippen molar-refractivity contribution < 1.29 is 4.74 Å². The minimum Gasteiger partial charge on any atom is -0.497 e. The highest BCUT2D eigenvalue weighted by Gasteiger charge is 2.19. The molecule has 1 saturated heterocycles. The lowest BCUT2D eigenvalue weighted by molar-refractivity contribution is 0.180. The maximum atomic E-state index is 6.03. The van der Waals surface area contributed by atoms with Crippen LogP contribution in [-0.4, -0.2) is 44.1 Å². The fourth-order valence-corrected chi connectivity index (χ4v) is 3.58. The van der Waals surface area contributed by atoms with E-state index in [2.05, 4.69) is 51.6 Å². The highest BCUT2D eigenvalue weighted by atomic mass is 16.5. The quantitative estimate of drug-likeness (QED) is 0.546. The van der Waals surface area contributed by atoms with Gasteiger partial charge in [-0.25, -0.2) is 0 Å². The monoisotopic (exact) mass is 380 g/mol. The number of rotatable bonds is 8. The number of nitrogens with two attached hydrogens (primary N) is 1. The molecule has 0 spiro atoms. The molecule has 1 fully saturated rings. The summed E-state index contributed by atoms with van der Waals surface area (Å²) in [5.74, 6) is 2.11. The van der Waals surface area contributed by atoms with Crippen molar-refractivity contribution in [3.8, 4) is 5.75 Å². The number of methoxy groups -OCH3 is 1. The van der Waals surface area contributed by atoms with Crippen molar-refractivity contribution in [2.45, 2.75) is 25.8 Å². The van der Waals surface area contributed by atoms with Crippen LogP contribution < -0.4 is 15.8 Å². The van der Waals surface area contributed by atoms with Crippen LogP contribution in [0.5, 0.6) is 5.75 Å². The fraction of sp³-hybridized carbons (Fsp3) is 0.435.